The van der Waals surface area contributed by atoms with E-state index in [2.05, 4.69) is 33.2 Å². The van der Waals surface area contributed by atoms with E-state index in [1.165, 1.54) is 0 Å². The molecule has 2 nitrogen and oxygen atoms in total. The zero-order chi connectivity index (χ0) is 13.9. The minimum absolute atomic E-state index is 0.00792. The number of hydrogen-bond acceptors (Lipinski definition) is 2. The first-order chi connectivity index (χ1) is 8.64. The minimum atomic E-state index is -0.387. The quantitative estimate of drug-likeness (QED) is 0.486. The van der Waals surface area contributed by atoms with E-state index in [9.17, 15) is 0 Å². The van der Waals surface area contributed by atoms with Crippen LogP contribution < -0.4 is 0 Å². The molecule has 2 heteroatoms. The Morgan fingerprint density at radius 2 is 1.67 bits per heavy atom. The first kappa shape index (κ1) is 16.9. The summed E-state index contributed by atoms with van der Waals surface area (Å²) in [5.74, 6) is 0. The van der Waals surface area contributed by atoms with Gasteiger partial charge in [0, 0.05) is 0 Å². The average Bonchev–Trinajstić information content (AvgIpc) is 2.37. The summed E-state index contributed by atoms with van der Waals surface area (Å²) in [6.07, 6.45) is 9.76. The summed E-state index contributed by atoms with van der Waals surface area (Å²) in [6.45, 7) is 18.0. The molecule has 0 saturated carbocycles. The van der Waals surface area contributed by atoms with Crippen molar-refractivity contribution in [3.8, 4) is 0 Å². The molecule has 0 aliphatic rings. The lowest BCUT2D eigenvalue weighted by molar-refractivity contribution is -0.125. The summed E-state index contributed by atoms with van der Waals surface area (Å²) in [6, 6.07) is 0. The summed E-state index contributed by atoms with van der Waals surface area (Å²) >= 11 is 0. The Morgan fingerprint density at radius 3 is 2.17 bits per heavy atom. The van der Waals surface area contributed by atoms with Crippen LogP contribution in [0, 0.1) is 0 Å². The van der Waals surface area contributed by atoms with Gasteiger partial charge in [0.2, 0.25) is 0 Å². The Kier molecular flexibility index (Phi) is 9.25. The van der Waals surface area contributed by atoms with Crippen LogP contribution in [0.25, 0.3) is 0 Å². The maximum Gasteiger partial charge on any atom is 0.0953 e. The topological polar surface area (TPSA) is 18.5 Å². The van der Waals surface area contributed by atoms with Gasteiger partial charge in [-0.3, -0.25) is 0 Å². The van der Waals surface area contributed by atoms with Crippen molar-refractivity contribution < 1.29 is 9.47 Å². The Bertz CT molecular complexity index is 258. The Hall–Kier alpha value is -1.12. The molecule has 0 aromatic carbocycles. The molecule has 0 aliphatic heterocycles. The van der Waals surface area contributed by atoms with Crippen molar-refractivity contribution in [1.29, 1.82) is 0 Å². The lowest BCUT2D eigenvalue weighted by atomic mass is 9.91. The molecule has 0 fully saturated rings. The van der Waals surface area contributed by atoms with E-state index < -0.39 is 0 Å². The van der Waals surface area contributed by atoms with Gasteiger partial charge in [-0.15, -0.1) is 26.3 Å². The molecule has 0 rings (SSSR count). The molecule has 0 bridgehead atoms. The molecule has 102 valence electrons. The van der Waals surface area contributed by atoms with Crippen LogP contribution in [0.1, 0.15) is 26.2 Å². The summed E-state index contributed by atoms with van der Waals surface area (Å²) in [7, 11) is 0. The van der Waals surface area contributed by atoms with Crippen LogP contribution in [-0.2, 0) is 9.47 Å². The van der Waals surface area contributed by atoms with Crippen molar-refractivity contribution >= 4 is 0 Å². The molecule has 2 atom stereocenters. The largest absolute Gasteiger partial charge is 0.371 e. The molecule has 0 N–H and O–H groups in total. The smallest absolute Gasteiger partial charge is 0.0953 e. The van der Waals surface area contributed by atoms with E-state index in [-0.39, 0.29) is 11.7 Å². The molecular weight excluding hydrogens is 224 g/mol. The Balaban J connectivity index is 4.77. The van der Waals surface area contributed by atoms with Crippen LogP contribution in [0.5, 0.6) is 0 Å². The van der Waals surface area contributed by atoms with Crippen molar-refractivity contribution in [1.82, 2.24) is 0 Å². The SMILES string of the molecule is C=CCC[C@H](OCC=C)[C@](C)(CC=C)OCC=C. The highest BCUT2D eigenvalue weighted by Gasteiger charge is 2.34. The molecule has 0 amide bonds. The minimum Gasteiger partial charge on any atom is -0.371 e. The molecule has 0 aliphatic carbocycles. The Labute approximate surface area is 112 Å². The fraction of sp³-hybridized carbons (Fsp3) is 0.500. The Morgan fingerprint density at radius 1 is 1.00 bits per heavy atom. The van der Waals surface area contributed by atoms with Crippen LogP contribution in [0.2, 0.25) is 0 Å². The van der Waals surface area contributed by atoms with Crippen molar-refractivity contribution in [3.63, 3.8) is 0 Å². The second-order valence-corrected chi connectivity index (χ2v) is 4.38. The zero-order valence-corrected chi connectivity index (χ0v) is 11.6. The average molecular weight is 250 g/mol. The van der Waals surface area contributed by atoms with E-state index in [4.69, 9.17) is 9.47 Å². The first-order valence-electron chi connectivity index (χ1n) is 6.33. The number of allylic oxidation sites excluding steroid dienone is 1. The van der Waals surface area contributed by atoms with E-state index in [1.54, 1.807) is 12.2 Å². The monoisotopic (exact) mass is 250 g/mol. The molecule has 0 heterocycles. The molecule has 0 saturated heterocycles. The fourth-order valence-corrected chi connectivity index (χ4v) is 1.84. The highest BCUT2D eigenvalue weighted by atomic mass is 16.5. The first-order valence-corrected chi connectivity index (χ1v) is 6.33. The van der Waals surface area contributed by atoms with E-state index in [0.717, 1.165) is 19.3 Å². The highest BCUT2D eigenvalue weighted by Crippen LogP contribution is 2.27. The van der Waals surface area contributed by atoms with Gasteiger partial charge in [0.25, 0.3) is 0 Å². The van der Waals surface area contributed by atoms with E-state index in [1.807, 2.05) is 12.2 Å². The van der Waals surface area contributed by atoms with Gasteiger partial charge in [0.15, 0.2) is 0 Å². The van der Waals surface area contributed by atoms with Crippen LogP contribution >= 0.6 is 0 Å². The fourth-order valence-electron chi connectivity index (χ4n) is 1.84. The predicted octanol–water partition coefficient (Wildman–Crippen LogP) is 4.06. The van der Waals surface area contributed by atoms with Gasteiger partial charge in [-0.2, -0.15) is 0 Å². The number of ether oxygens (including phenoxy) is 2. The summed E-state index contributed by atoms with van der Waals surface area (Å²) in [5, 5.41) is 0. The van der Waals surface area contributed by atoms with Gasteiger partial charge in [-0.25, -0.2) is 0 Å². The van der Waals surface area contributed by atoms with Crippen LogP contribution in [0.4, 0.5) is 0 Å². The zero-order valence-electron chi connectivity index (χ0n) is 11.6. The van der Waals surface area contributed by atoms with Gasteiger partial charge < -0.3 is 9.47 Å². The standard InChI is InChI=1S/C16H26O2/c1-6-10-11-15(17-13-8-3)16(5,12-7-2)18-14-9-4/h6-9,15H,1-4,10-14H2,5H3/t15-,16-/m0/s1. The maximum atomic E-state index is 5.89. The molecule has 0 aromatic heterocycles. The molecule has 0 spiro atoms. The summed E-state index contributed by atoms with van der Waals surface area (Å²) in [4.78, 5) is 0. The van der Waals surface area contributed by atoms with Crippen LogP contribution in [-0.4, -0.2) is 24.9 Å². The predicted molar refractivity (Wildman–Crippen MR) is 78.7 cm³/mol. The number of rotatable bonds is 12. The third kappa shape index (κ3) is 5.99. The van der Waals surface area contributed by atoms with Gasteiger partial charge in [-0.1, -0.05) is 24.3 Å². The van der Waals surface area contributed by atoms with Crippen LogP contribution in [0.15, 0.2) is 50.6 Å². The summed E-state index contributed by atoms with van der Waals surface area (Å²) in [5.41, 5.74) is -0.387. The van der Waals surface area contributed by atoms with Gasteiger partial charge in [-0.05, 0) is 26.2 Å². The van der Waals surface area contributed by atoms with Crippen LogP contribution in [0.3, 0.4) is 0 Å². The van der Waals surface area contributed by atoms with Crippen molar-refractivity contribution in [2.24, 2.45) is 0 Å². The second kappa shape index (κ2) is 9.86. The lowest BCUT2D eigenvalue weighted by Gasteiger charge is -2.36. The molecular formula is C16H26O2. The van der Waals surface area contributed by atoms with E-state index >= 15 is 0 Å². The maximum absolute atomic E-state index is 5.89. The van der Waals surface area contributed by atoms with Crippen molar-refractivity contribution in [3.05, 3.63) is 50.6 Å². The van der Waals surface area contributed by atoms with Crippen molar-refractivity contribution in [2.75, 3.05) is 13.2 Å². The molecule has 18 heavy (non-hydrogen) atoms. The highest BCUT2D eigenvalue weighted by molar-refractivity contribution is 4.94. The molecule has 0 aromatic rings. The van der Waals surface area contributed by atoms with E-state index in [0.29, 0.717) is 13.2 Å². The number of hydrogen-bond donors (Lipinski definition) is 0. The van der Waals surface area contributed by atoms with Gasteiger partial charge >= 0.3 is 0 Å². The van der Waals surface area contributed by atoms with Crippen molar-refractivity contribution in [2.45, 2.75) is 37.9 Å². The molecule has 0 radical (unpaired) electrons. The normalized spacial score (nSPS) is 15.4. The third-order valence-corrected chi connectivity index (χ3v) is 2.81. The third-order valence-electron chi connectivity index (χ3n) is 2.81. The summed E-state index contributed by atoms with van der Waals surface area (Å²) < 4.78 is 11.7. The lowest BCUT2D eigenvalue weighted by Crippen LogP contribution is -2.43. The second-order valence-electron chi connectivity index (χ2n) is 4.38. The van der Waals surface area contributed by atoms with Gasteiger partial charge in [0.1, 0.15) is 0 Å². The molecule has 0 unspecified atom stereocenters. The van der Waals surface area contributed by atoms with Gasteiger partial charge in [0.05, 0.1) is 24.9 Å².